The van der Waals surface area contributed by atoms with Crippen LogP contribution in [0.5, 0.6) is 0 Å². The number of fused-ring (bicyclic) bond motifs is 12. The van der Waals surface area contributed by atoms with Gasteiger partial charge in [-0.3, -0.25) is 9.97 Å². The molecule has 0 N–H and O–H groups in total. The number of hydrogen-bond donors (Lipinski definition) is 0. The van der Waals surface area contributed by atoms with Crippen LogP contribution in [0.15, 0.2) is 413 Å². The predicted octanol–water partition coefficient (Wildman–Crippen LogP) is 28.6. The summed E-state index contributed by atoms with van der Waals surface area (Å²) in [7, 11) is 0. The van der Waals surface area contributed by atoms with E-state index in [1.54, 1.807) is 0 Å². The van der Waals surface area contributed by atoms with E-state index in [0.29, 0.717) is 0 Å². The summed E-state index contributed by atoms with van der Waals surface area (Å²) >= 11 is 0. The summed E-state index contributed by atoms with van der Waals surface area (Å²) in [5.41, 5.74) is 25.6. The Hall–Kier alpha value is -14.6. The summed E-state index contributed by atoms with van der Waals surface area (Å²) in [5, 5.41) is 19.7. The second-order valence-electron chi connectivity index (χ2n) is 28.6. The Balaban J connectivity index is 0.000000140. The lowest BCUT2D eigenvalue weighted by Gasteiger charge is -2.18. The number of nitrogens with zero attached hydrogens (tertiary/aromatic N) is 4. The molecule has 0 fully saturated rings. The van der Waals surface area contributed by atoms with Crippen LogP contribution in [0.2, 0.25) is 0 Å². The Kier molecular flexibility index (Phi) is 15.5. The lowest BCUT2D eigenvalue weighted by Crippen LogP contribution is -1.93. The molecule has 0 amide bonds. The molecule has 0 aliphatic rings. The predicted molar refractivity (Wildman–Crippen MR) is 466 cm³/mol. The van der Waals surface area contributed by atoms with Crippen molar-refractivity contribution in [1.82, 2.24) is 19.1 Å². The molecule has 22 aromatic rings. The number of para-hydroxylation sites is 2. The maximum absolute atomic E-state index is 5.25. The van der Waals surface area contributed by atoms with Gasteiger partial charge in [-0.1, -0.05) is 322 Å². The van der Waals surface area contributed by atoms with Crippen LogP contribution in [0, 0.1) is 0 Å². The smallest absolute Gasteiger partial charge is 0.0709 e. The van der Waals surface area contributed by atoms with Gasteiger partial charge in [-0.05, 0) is 199 Å². The van der Waals surface area contributed by atoms with E-state index in [-0.39, 0.29) is 0 Å². The molecule has 4 aromatic heterocycles. The van der Waals surface area contributed by atoms with Gasteiger partial charge in [0.15, 0.2) is 0 Å². The summed E-state index contributed by atoms with van der Waals surface area (Å²) in [4.78, 5) is 10.4. The first-order valence-corrected chi connectivity index (χ1v) is 37.7. The molecule has 22 rings (SSSR count). The van der Waals surface area contributed by atoms with Gasteiger partial charge in [-0.25, -0.2) is 0 Å². The molecule has 0 atom stereocenters. The summed E-state index contributed by atoms with van der Waals surface area (Å²) in [5.74, 6) is 0. The highest BCUT2D eigenvalue weighted by atomic mass is 15.0. The molecule has 0 saturated heterocycles. The van der Waals surface area contributed by atoms with E-state index in [1.807, 2.05) is 0 Å². The molecule has 4 heteroatoms. The quantitative estimate of drug-likeness (QED) is 0.128. The molecule has 0 saturated carbocycles. The van der Waals surface area contributed by atoms with Gasteiger partial charge in [-0.2, -0.15) is 0 Å². The summed E-state index contributed by atoms with van der Waals surface area (Å²) in [6, 6.07) is 145. The van der Waals surface area contributed by atoms with Gasteiger partial charge >= 0.3 is 0 Å². The van der Waals surface area contributed by atoms with Gasteiger partial charge in [0, 0.05) is 67.6 Å². The van der Waals surface area contributed by atoms with Gasteiger partial charge in [0.1, 0.15) is 0 Å². The fraction of sp³-hybridized carbons (Fsp3) is 0. The fourth-order valence-corrected chi connectivity index (χ4v) is 17.4. The van der Waals surface area contributed by atoms with Crippen LogP contribution in [0.1, 0.15) is 0 Å². The van der Waals surface area contributed by atoms with E-state index in [1.165, 1.54) is 164 Å². The highest BCUT2D eigenvalue weighted by molar-refractivity contribution is 6.24. The van der Waals surface area contributed by atoms with Crippen molar-refractivity contribution >= 4 is 108 Å². The first-order valence-electron chi connectivity index (χ1n) is 37.7. The van der Waals surface area contributed by atoms with Crippen molar-refractivity contribution < 1.29 is 0 Å². The summed E-state index contributed by atoms with van der Waals surface area (Å²) in [6.45, 7) is 0. The van der Waals surface area contributed by atoms with Crippen LogP contribution < -0.4 is 0 Å². The second kappa shape index (κ2) is 26.8. The van der Waals surface area contributed by atoms with Crippen molar-refractivity contribution in [3.8, 4) is 101 Å². The SMILES string of the molecule is c1ccc(-c2ccc(-c3c4ccccc4c(-c4ccc(-c5ccc6c(c5)c5cc7ccccc7cc5n6-c5ccccc5)nc4)c4ccccc34)cc2)cc1.c1ccc(-c2ccc(-c3c4ccccc4c(-c4ccc(-c5cccc6c5c5cc7ccccc7cc5n6-c5ccccc5)nc4)c4ccccc34)cc2)cc1. The number of aromatic nitrogens is 4. The number of pyridine rings is 2. The maximum atomic E-state index is 5.25. The Bertz CT molecular complexity index is 7190. The molecule has 0 bridgehead atoms. The minimum absolute atomic E-state index is 0.954. The molecule has 0 radical (unpaired) electrons. The van der Waals surface area contributed by atoms with E-state index in [9.17, 15) is 0 Å². The summed E-state index contributed by atoms with van der Waals surface area (Å²) < 4.78 is 4.78. The summed E-state index contributed by atoms with van der Waals surface area (Å²) in [6.07, 6.45) is 4.13. The van der Waals surface area contributed by atoms with E-state index in [4.69, 9.17) is 9.97 Å². The first-order chi connectivity index (χ1) is 54.6. The molecule has 0 spiro atoms. The number of rotatable bonds is 10. The zero-order chi connectivity index (χ0) is 72.6. The number of benzene rings is 18. The minimum Gasteiger partial charge on any atom is -0.309 e. The van der Waals surface area contributed by atoms with Gasteiger partial charge < -0.3 is 9.13 Å². The van der Waals surface area contributed by atoms with Crippen LogP contribution in [0.3, 0.4) is 0 Å². The van der Waals surface area contributed by atoms with Crippen molar-refractivity contribution in [3.05, 3.63) is 413 Å². The standard InChI is InChI=1S/2C53H34N2/c1-3-14-35(15-4-1)36-26-28-37(29-27-36)51-42-20-9-11-22-44(42)52(45-23-12-10-21-43(45)51)40-30-31-48(54-34-40)46-24-13-25-49-53(46)47-32-38-16-7-8-17-39(38)33-50(47)55(49)41-18-5-2-6-19-41;1-3-13-35(14-4-1)36-23-25-37(26-24-36)52-43-19-9-11-21-45(43)53(46-22-12-10-20-44(46)52)41-27-29-49(54-34-41)40-28-30-50-47(32-40)48-31-38-15-7-8-16-39(38)33-51(48)55(50)42-17-5-2-6-18-42/h2*1-34H. The van der Waals surface area contributed by atoms with Crippen LogP contribution in [-0.2, 0) is 0 Å². The Morgan fingerprint density at radius 3 is 0.918 bits per heavy atom. The highest BCUT2D eigenvalue weighted by Crippen LogP contribution is 2.48. The van der Waals surface area contributed by atoms with Crippen molar-refractivity contribution in [2.75, 3.05) is 0 Å². The van der Waals surface area contributed by atoms with Crippen molar-refractivity contribution in [3.63, 3.8) is 0 Å². The zero-order valence-electron chi connectivity index (χ0n) is 60.0. The molecule has 4 heterocycles. The van der Waals surface area contributed by atoms with Gasteiger partial charge in [0.2, 0.25) is 0 Å². The van der Waals surface area contributed by atoms with Crippen molar-refractivity contribution in [2.24, 2.45) is 0 Å². The topological polar surface area (TPSA) is 35.6 Å². The number of hydrogen-bond acceptors (Lipinski definition) is 2. The largest absolute Gasteiger partial charge is 0.309 e. The molecule has 4 nitrogen and oxygen atoms in total. The maximum Gasteiger partial charge on any atom is 0.0709 e. The van der Waals surface area contributed by atoms with E-state index >= 15 is 0 Å². The molecule has 18 aromatic carbocycles. The van der Waals surface area contributed by atoms with Crippen LogP contribution in [0.25, 0.3) is 209 Å². The van der Waals surface area contributed by atoms with Gasteiger partial charge in [0.25, 0.3) is 0 Å². The third-order valence-corrected chi connectivity index (χ3v) is 22.4. The lowest BCUT2D eigenvalue weighted by molar-refractivity contribution is 1.18. The first kappa shape index (κ1) is 63.9. The average Bonchev–Trinajstić information content (AvgIpc) is 1.39. The third kappa shape index (κ3) is 10.9. The van der Waals surface area contributed by atoms with E-state index < -0.39 is 0 Å². The monoisotopic (exact) mass is 1400 g/mol. The molecular formula is C106H68N4. The van der Waals surface area contributed by atoms with E-state index in [2.05, 4.69) is 422 Å². The van der Waals surface area contributed by atoms with Crippen molar-refractivity contribution in [2.45, 2.75) is 0 Å². The Labute approximate surface area is 636 Å². The molecular weight excluding hydrogens is 1330 g/mol. The molecule has 110 heavy (non-hydrogen) atoms. The second-order valence-corrected chi connectivity index (χ2v) is 28.6. The third-order valence-electron chi connectivity index (χ3n) is 22.4. The normalized spacial score (nSPS) is 11.6. The fourth-order valence-electron chi connectivity index (χ4n) is 17.4. The minimum atomic E-state index is 0.954. The molecule has 512 valence electrons. The van der Waals surface area contributed by atoms with Crippen LogP contribution >= 0.6 is 0 Å². The zero-order valence-corrected chi connectivity index (χ0v) is 60.0. The van der Waals surface area contributed by atoms with E-state index in [0.717, 1.165) is 45.0 Å². The van der Waals surface area contributed by atoms with Gasteiger partial charge in [-0.15, -0.1) is 0 Å². The van der Waals surface area contributed by atoms with Crippen LogP contribution in [0.4, 0.5) is 0 Å². The lowest BCUT2D eigenvalue weighted by atomic mass is 9.86. The highest BCUT2D eigenvalue weighted by Gasteiger charge is 2.23. The Morgan fingerprint density at radius 1 is 0.173 bits per heavy atom. The molecule has 0 aliphatic carbocycles. The Morgan fingerprint density at radius 2 is 0.491 bits per heavy atom. The average molecular weight is 1400 g/mol. The van der Waals surface area contributed by atoms with Crippen molar-refractivity contribution in [1.29, 1.82) is 0 Å². The molecule has 0 aliphatic heterocycles. The van der Waals surface area contributed by atoms with Crippen LogP contribution in [-0.4, -0.2) is 19.1 Å². The van der Waals surface area contributed by atoms with Gasteiger partial charge in [0.05, 0.1) is 33.5 Å². The molecule has 0 unspecified atom stereocenters.